The fourth-order valence-electron chi connectivity index (χ4n) is 1.60. The van der Waals surface area contributed by atoms with Crippen LogP contribution in [-0.2, 0) is 4.79 Å². The third kappa shape index (κ3) is 3.20. The monoisotopic (exact) mass is 232 g/mol. The van der Waals surface area contributed by atoms with E-state index in [0.29, 0.717) is 5.56 Å². The second-order valence-electron chi connectivity index (χ2n) is 4.06. The summed E-state index contributed by atoms with van der Waals surface area (Å²) in [5.41, 5.74) is 13.0. The van der Waals surface area contributed by atoms with Gasteiger partial charge in [0.2, 0.25) is 5.91 Å². The molecule has 1 atom stereocenters. The Morgan fingerprint density at radius 2 is 2.18 bits per heavy atom. The van der Waals surface area contributed by atoms with Crippen LogP contribution in [0.4, 0.5) is 5.69 Å². The van der Waals surface area contributed by atoms with E-state index in [9.17, 15) is 4.79 Å². The number of rotatable bonds is 4. The second kappa shape index (κ2) is 5.32. The molecule has 0 aromatic heterocycles. The average molecular weight is 232 g/mol. The number of nitrogens with two attached hydrogens (primary N) is 2. The molecule has 0 saturated carbocycles. The zero-order valence-corrected chi connectivity index (χ0v) is 9.97. The van der Waals surface area contributed by atoms with E-state index in [-0.39, 0.29) is 6.42 Å². The summed E-state index contributed by atoms with van der Waals surface area (Å²) in [6, 6.07) is 6.97. The molecule has 5 heteroatoms. The van der Waals surface area contributed by atoms with Gasteiger partial charge < -0.3 is 16.4 Å². The number of carbonyl (C=O) groups excluding carboxylic acids is 1. The third-order valence-electron chi connectivity index (χ3n) is 2.47. The number of hydrogen-bond acceptors (Lipinski definition) is 4. The highest BCUT2D eigenvalue weighted by atomic mass is 16.1. The molecule has 0 heterocycles. The van der Waals surface area contributed by atoms with Crippen molar-refractivity contribution in [3.63, 3.8) is 0 Å². The molecule has 1 rings (SSSR count). The predicted molar refractivity (Wildman–Crippen MR) is 66.2 cm³/mol. The molecule has 0 aliphatic heterocycles. The summed E-state index contributed by atoms with van der Waals surface area (Å²) in [6.45, 7) is 0. The molecule has 0 bridgehead atoms. The summed E-state index contributed by atoms with van der Waals surface area (Å²) >= 11 is 0. The van der Waals surface area contributed by atoms with Gasteiger partial charge in [0.05, 0.1) is 11.3 Å². The van der Waals surface area contributed by atoms with Gasteiger partial charge in [-0.15, -0.1) is 0 Å². The Morgan fingerprint density at radius 3 is 2.65 bits per heavy atom. The van der Waals surface area contributed by atoms with Crippen LogP contribution in [0.3, 0.4) is 0 Å². The van der Waals surface area contributed by atoms with E-state index in [1.54, 1.807) is 6.07 Å². The molecule has 0 fully saturated rings. The van der Waals surface area contributed by atoms with Crippen LogP contribution < -0.4 is 16.4 Å². The van der Waals surface area contributed by atoms with Crippen LogP contribution in [0.25, 0.3) is 0 Å². The Labute approximate surface area is 101 Å². The number of benzene rings is 1. The quantitative estimate of drug-likeness (QED) is 0.790. The number of carbonyl (C=O) groups is 1. The summed E-state index contributed by atoms with van der Waals surface area (Å²) in [6.07, 6.45) is 0.0756. The smallest absolute Gasteiger partial charge is 0.219 e. The van der Waals surface area contributed by atoms with Gasteiger partial charge in [-0.3, -0.25) is 4.79 Å². The molecule has 0 spiro atoms. The van der Waals surface area contributed by atoms with E-state index in [0.717, 1.165) is 11.3 Å². The fraction of sp³-hybridized carbons (Fsp3) is 0.333. The van der Waals surface area contributed by atoms with Gasteiger partial charge in [0.1, 0.15) is 6.07 Å². The van der Waals surface area contributed by atoms with Crippen molar-refractivity contribution in [1.29, 1.82) is 5.26 Å². The van der Waals surface area contributed by atoms with Gasteiger partial charge in [-0.05, 0) is 17.7 Å². The van der Waals surface area contributed by atoms with Crippen LogP contribution in [0.5, 0.6) is 0 Å². The Morgan fingerprint density at radius 1 is 1.53 bits per heavy atom. The molecule has 5 nitrogen and oxygen atoms in total. The molecular formula is C12H16N4O. The summed E-state index contributed by atoms with van der Waals surface area (Å²) < 4.78 is 0. The SMILES string of the molecule is CN(C)c1ccc(C(N)CC(N)=O)cc1C#N. The minimum absolute atomic E-state index is 0.0756. The zero-order valence-electron chi connectivity index (χ0n) is 9.97. The van der Waals surface area contributed by atoms with Gasteiger partial charge >= 0.3 is 0 Å². The molecule has 0 aliphatic carbocycles. The van der Waals surface area contributed by atoms with Crippen LogP contribution in [0, 0.1) is 11.3 Å². The zero-order chi connectivity index (χ0) is 13.0. The molecule has 0 saturated heterocycles. The van der Waals surface area contributed by atoms with E-state index in [1.807, 2.05) is 31.1 Å². The standard InChI is InChI=1S/C12H16N4O/c1-16(2)11-4-3-8(5-9(11)7-13)10(14)6-12(15)17/h3-5,10H,6,14H2,1-2H3,(H2,15,17). The van der Waals surface area contributed by atoms with Crippen LogP contribution in [0.1, 0.15) is 23.6 Å². The number of hydrogen-bond donors (Lipinski definition) is 2. The maximum atomic E-state index is 10.8. The first-order valence-corrected chi connectivity index (χ1v) is 5.21. The third-order valence-corrected chi connectivity index (χ3v) is 2.47. The summed E-state index contributed by atoms with van der Waals surface area (Å²) in [5, 5.41) is 9.05. The Hall–Kier alpha value is -2.06. The first kappa shape index (κ1) is 13.0. The highest BCUT2D eigenvalue weighted by molar-refractivity contribution is 5.74. The van der Waals surface area contributed by atoms with Crippen LogP contribution in [-0.4, -0.2) is 20.0 Å². The Bertz CT molecular complexity index is 462. The van der Waals surface area contributed by atoms with Gasteiger partial charge in [0, 0.05) is 26.6 Å². The van der Waals surface area contributed by atoms with Crippen molar-refractivity contribution in [2.75, 3.05) is 19.0 Å². The first-order valence-electron chi connectivity index (χ1n) is 5.21. The number of nitrogens with zero attached hydrogens (tertiary/aromatic N) is 2. The topological polar surface area (TPSA) is 96.1 Å². The van der Waals surface area contributed by atoms with E-state index in [2.05, 4.69) is 6.07 Å². The molecule has 1 aromatic carbocycles. The van der Waals surface area contributed by atoms with Gasteiger partial charge in [-0.25, -0.2) is 0 Å². The highest BCUT2D eigenvalue weighted by Gasteiger charge is 2.12. The maximum absolute atomic E-state index is 10.8. The van der Waals surface area contributed by atoms with Crippen molar-refractivity contribution in [3.05, 3.63) is 29.3 Å². The Kier molecular flexibility index (Phi) is 4.07. The normalized spacial score (nSPS) is 11.6. The minimum Gasteiger partial charge on any atom is -0.377 e. The molecule has 90 valence electrons. The molecule has 17 heavy (non-hydrogen) atoms. The van der Waals surface area contributed by atoms with Gasteiger partial charge in [0.15, 0.2) is 0 Å². The maximum Gasteiger partial charge on any atom is 0.219 e. The molecule has 0 radical (unpaired) electrons. The second-order valence-corrected chi connectivity index (χ2v) is 4.06. The minimum atomic E-state index is -0.462. The number of primary amides is 1. The van der Waals surface area contributed by atoms with Crippen molar-refractivity contribution in [2.45, 2.75) is 12.5 Å². The van der Waals surface area contributed by atoms with Crippen LogP contribution in [0.15, 0.2) is 18.2 Å². The van der Waals surface area contributed by atoms with E-state index in [1.165, 1.54) is 0 Å². The van der Waals surface area contributed by atoms with Crippen molar-refractivity contribution in [3.8, 4) is 6.07 Å². The lowest BCUT2D eigenvalue weighted by Gasteiger charge is -2.17. The summed E-state index contributed by atoms with van der Waals surface area (Å²) in [5.74, 6) is -0.451. The average Bonchev–Trinajstić information content (AvgIpc) is 2.27. The highest BCUT2D eigenvalue weighted by Crippen LogP contribution is 2.23. The van der Waals surface area contributed by atoms with Crippen LogP contribution in [0.2, 0.25) is 0 Å². The van der Waals surface area contributed by atoms with E-state index >= 15 is 0 Å². The lowest BCUT2D eigenvalue weighted by atomic mass is 10.0. The number of anilines is 1. The first-order chi connectivity index (χ1) is 7.95. The van der Waals surface area contributed by atoms with Crippen LogP contribution >= 0.6 is 0 Å². The number of amides is 1. The number of nitriles is 1. The summed E-state index contributed by atoms with van der Waals surface area (Å²) in [4.78, 5) is 12.6. The van der Waals surface area contributed by atoms with Gasteiger partial charge in [0.25, 0.3) is 0 Å². The molecule has 1 aromatic rings. The lowest BCUT2D eigenvalue weighted by Crippen LogP contribution is -2.21. The van der Waals surface area contributed by atoms with Gasteiger partial charge in [-0.1, -0.05) is 6.07 Å². The lowest BCUT2D eigenvalue weighted by molar-refractivity contribution is -0.118. The predicted octanol–water partition coefficient (Wildman–Crippen LogP) is 0.499. The fourth-order valence-corrected chi connectivity index (χ4v) is 1.60. The van der Waals surface area contributed by atoms with Crippen molar-refractivity contribution >= 4 is 11.6 Å². The molecule has 0 aliphatic rings. The largest absolute Gasteiger partial charge is 0.377 e. The van der Waals surface area contributed by atoms with Crippen molar-refractivity contribution < 1.29 is 4.79 Å². The van der Waals surface area contributed by atoms with Crippen molar-refractivity contribution in [1.82, 2.24) is 0 Å². The molecule has 1 unspecified atom stereocenters. The van der Waals surface area contributed by atoms with E-state index in [4.69, 9.17) is 16.7 Å². The van der Waals surface area contributed by atoms with Gasteiger partial charge in [-0.2, -0.15) is 5.26 Å². The summed E-state index contributed by atoms with van der Waals surface area (Å²) in [7, 11) is 3.72. The Balaban J connectivity index is 3.06. The molecular weight excluding hydrogens is 216 g/mol. The molecule has 4 N–H and O–H groups in total. The molecule has 1 amide bonds. The van der Waals surface area contributed by atoms with Crippen molar-refractivity contribution in [2.24, 2.45) is 11.5 Å². The van der Waals surface area contributed by atoms with E-state index < -0.39 is 11.9 Å².